The molecule has 3 nitrogen and oxygen atoms in total. The van der Waals surface area contributed by atoms with E-state index in [-0.39, 0.29) is 0 Å². The number of halogens is 6. The maximum atomic E-state index is 13.7. The molecule has 0 amide bonds. The Morgan fingerprint density at radius 2 is 0.889 bits per heavy atom. The standard InChI is InChI=1S/C17H15I6NO2S/c1-6-10(18)7(2)13(21)16(12(6)20)24(5)27(25,26)17-14(22)8(3)11(19)9(4)15(17)23/h1-5H3. The van der Waals surface area contributed by atoms with E-state index in [4.69, 9.17) is 0 Å². The largest absolute Gasteiger partial charge is 0.267 e. The Hall–Kier alpha value is 2.57. The third kappa shape index (κ3) is 4.55. The Kier molecular flexibility index (Phi) is 9.18. The second-order valence-electron chi connectivity index (χ2n) is 6.03. The monoisotopic (exact) mass is 1060 g/mol. The maximum absolute atomic E-state index is 13.7. The first kappa shape index (κ1) is 25.8. The van der Waals surface area contributed by atoms with Crippen molar-refractivity contribution in [3.8, 4) is 0 Å². The molecular formula is C17H15I6NO2S. The van der Waals surface area contributed by atoms with Crippen molar-refractivity contribution in [1.82, 2.24) is 0 Å². The van der Waals surface area contributed by atoms with Gasteiger partial charge in [-0.3, -0.25) is 4.31 Å². The van der Waals surface area contributed by atoms with Crippen LogP contribution in [0.15, 0.2) is 4.90 Å². The van der Waals surface area contributed by atoms with Crippen molar-refractivity contribution in [2.24, 2.45) is 0 Å². The van der Waals surface area contributed by atoms with E-state index in [9.17, 15) is 8.42 Å². The van der Waals surface area contributed by atoms with E-state index in [1.165, 1.54) is 7.88 Å². The summed E-state index contributed by atoms with van der Waals surface area (Å²) < 4.78 is 34.7. The first-order valence-corrected chi connectivity index (χ1v) is 15.4. The summed E-state index contributed by atoms with van der Waals surface area (Å²) in [5.74, 6) is 0. The summed E-state index contributed by atoms with van der Waals surface area (Å²) in [5, 5.41) is 0. The molecule has 0 fully saturated rings. The summed E-state index contributed by atoms with van der Waals surface area (Å²) in [6.45, 7) is 8.06. The highest BCUT2D eigenvalue weighted by atomic mass is 127. The van der Waals surface area contributed by atoms with Crippen molar-refractivity contribution in [1.29, 1.82) is 0 Å². The molecule has 2 aromatic rings. The van der Waals surface area contributed by atoms with Gasteiger partial charge in [0.1, 0.15) is 4.90 Å². The number of rotatable bonds is 3. The van der Waals surface area contributed by atoms with Gasteiger partial charge in [-0.2, -0.15) is 0 Å². The second kappa shape index (κ2) is 9.60. The van der Waals surface area contributed by atoms with Crippen molar-refractivity contribution in [3.05, 3.63) is 43.7 Å². The summed E-state index contributed by atoms with van der Waals surface area (Å²) in [4.78, 5) is 0.405. The molecule has 148 valence electrons. The van der Waals surface area contributed by atoms with Crippen LogP contribution >= 0.6 is 136 Å². The fraction of sp³-hybridized carbons (Fsp3) is 0.294. The van der Waals surface area contributed by atoms with Gasteiger partial charge in [0.2, 0.25) is 0 Å². The van der Waals surface area contributed by atoms with Gasteiger partial charge in [0, 0.05) is 28.5 Å². The Morgan fingerprint density at radius 1 is 0.593 bits per heavy atom. The van der Waals surface area contributed by atoms with Gasteiger partial charge in [-0.1, -0.05) is 0 Å². The summed E-state index contributed by atoms with van der Waals surface area (Å²) in [7, 11) is -2.04. The van der Waals surface area contributed by atoms with Crippen LogP contribution in [0.4, 0.5) is 5.69 Å². The number of anilines is 1. The number of sulfonamides is 1. The van der Waals surface area contributed by atoms with Crippen LogP contribution in [0.2, 0.25) is 0 Å². The Balaban J connectivity index is 2.86. The van der Waals surface area contributed by atoms with Crippen LogP contribution in [0.1, 0.15) is 22.3 Å². The minimum absolute atomic E-state index is 0.405. The number of benzene rings is 2. The minimum atomic E-state index is -3.70. The summed E-state index contributed by atoms with van der Waals surface area (Å²) in [6, 6.07) is 0. The summed E-state index contributed by atoms with van der Waals surface area (Å²) in [6.07, 6.45) is 0. The van der Waals surface area contributed by atoms with Crippen molar-refractivity contribution in [3.63, 3.8) is 0 Å². The highest BCUT2D eigenvalue weighted by Gasteiger charge is 2.32. The SMILES string of the molecule is Cc1c(I)c(C)c(I)c(N(C)S(=O)(=O)c2c(I)c(C)c(I)c(C)c2I)c1I. The molecule has 0 unspecified atom stereocenters. The smallest absolute Gasteiger partial charge is 0.266 e. The van der Waals surface area contributed by atoms with Crippen LogP contribution < -0.4 is 4.31 Å². The molecule has 0 saturated carbocycles. The summed E-state index contributed by atoms with van der Waals surface area (Å²) in [5.41, 5.74) is 5.02. The van der Waals surface area contributed by atoms with Gasteiger partial charge >= 0.3 is 0 Å². The molecule has 0 atom stereocenters. The van der Waals surface area contributed by atoms with Crippen LogP contribution in [0.5, 0.6) is 0 Å². The predicted octanol–water partition coefficient (Wildman–Crippen LogP) is 7.37. The number of nitrogens with zero attached hydrogens (tertiary/aromatic N) is 1. The number of hydrogen-bond donors (Lipinski definition) is 0. The maximum Gasteiger partial charge on any atom is 0.266 e. The Labute approximate surface area is 242 Å². The highest BCUT2D eigenvalue weighted by Crippen LogP contribution is 2.41. The highest BCUT2D eigenvalue weighted by molar-refractivity contribution is 14.1. The zero-order valence-electron chi connectivity index (χ0n) is 14.9. The van der Waals surface area contributed by atoms with Crippen molar-refractivity contribution >= 4 is 151 Å². The average Bonchev–Trinajstić information content (AvgIpc) is 2.61. The van der Waals surface area contributed by atoms with E-state index in [0.717, 1.165) is 45.8 Å². The fourth-order valence-electron chi connectivity index (χ4n) is 2.60. The fourth-order valence-corrected chi connectivity index (χ4v) is 13.1. The Bertz CT molecular complexity index is 1010. The molecule has 0 spiro atoms. The predicted molar refractivity (Wildman–Crippen MR) is 164 cm³/mol. The topological polar surface area (TPSA) is 37.4 Å². The van der Waals surface area contributed by atoms with Crippen molar-refractivity contribution in [2.45, 2.75) is 32.6 Å². The van der Waals surface area contributed by atoms with Crippen LogP contribution in [0.3, 0.4) is 0 Å². The first-order chi connectivity index (χ1) is 12.3. The van der Waals surface area contributed by atoms with E-state index in [1.54, 1.807) is 7.05 Å². The molecule has 0 aliphatic carbocycles. The molecule has 2 aromatic carbocycles. The molecule has 2 rings (SSSR count). The molecule has 0 saturated heterocycles. The molecular weight excluding hydrogens is 1040 g/mol. The van der Waals surface area contributed by atoms with Crippen molar-refractivity contribution < 1.29 is 8.42 Å². The molecule has 10 heteroatoms. The van der Waals surface area contributed by atoms with E-state index >= 15 is 0 Å². The summed E-state index contributed by atoms with van der Waals surface area (Å²) >= 11 is 13.5. The lowest BCUT2D eigenvalue weighted by molar-refractivity contribution is 0.592. The molecule has 0 heterocycles. The molecule has 0 bridgehead atoms. The van der Waals surface area contributed by atoms with E-state index < -0.39 is 10.0 Å². The zero-order valence-corrected chi connectivity index (χ0v) is 28.7. The quantitative estimate of drug-likeness (QED) is 0.302. The first-order valence-electron chi connectivity index (χ1n) is 7.52. The molecule has 0 radical (unpaired) electrons. The third-order valence-corrected chi connectivity index (χ3v) is 15.5. The molecule has 0 aliphatic rings. The number of hydrogen-bond acceptors (Lipinski definition) is 2. The van der Waals surface area contributed by atoms with E-state index in [0.29, 0.717) is 4.90 Å². The van der Waals surface area contributed by atoms with Gasteiger partial charge in [-0.15, -0.1) is 0 Å². The van der Waals surface area contributed by atoms with Crippen molar-refractivity contribution in [2.75, 3.05) is 11.4 Å². The molecule has 0 aromatic heterocycles. The van der Waals surface area contributed by atoms with Gasteiger partial charge in [0.15, 0.2) is 0 Å². The lowest BCUT2D eigenvalue weighted by Gasteiger charge is -2.27. The van der Waals surface area contributed by atoms with E-state index in [1.807, 2.05) is 27.7 Å². The van der Waals surface area contributed by atoms with Crippen LogP contribution in [-0.4, -0.2) is 15.5 Å². The van der Waals surface area contributed by atoms with Crippen LogP contribution in [0, 0.1) is 49.1 Å². The zero-order chi connectivity index (χ0) is 21.0. The van der Waals surface area contributed by atoms with Gasteiger partial charge in [0.05, 0.1) is 5.69 Å². The van der Waals surface area contributed by atoms with Gasteiger partial charge < -0.3 is 0 Å². The van der Waals surface area contributed by atoms with Gasteiger partial charge in [-0.05, 0) is 185 Å². The third-order valence-electron chi connectivity index (χ3n) is 4.38. The lowest BCUT2D eigenvalue weighted by Crippen LogP contribution is -2.30. The minimum Gasteiger partial charge on any atom is -0.267 e. The van der Waals surface area contributed by atoms with Gasteiger partial charge in [-0.25, -0.2) is 8.42 Å². The molecule has 27 heavy (non-hydrogen) atoms. The normalized spacial score (nSPS) is 11.8. The second-order valence-corrected chi connectivity index (χ2v) is 14.4. The average molecular weight is 1060 g/mol. The lowest BCUT2D eigenvalue weighted by atomic mass is 10.1. The van der Waals surface area contributed by atoms with Crippen LogP contribution in [0.25, 0.3) is 0 Å². The Morgan fingerprint density at radius 3 is 1.22 bits per heavy atom. The molecule has 0 N–H and O–H groups in total. The van der Waals surface area contributed by atoms with E-state index in [2.05, 4.69) is 136 Å². The van der Waals surface area contributed by atoms with Crippen LogP contribution in [-0.2, 0) is 10.0 Å². The molecule has 0 aliphatic heterocycles. The van der Waals surface area contributed by atoms with Gasteiger partial charge in [0.25, 0.3) is 10.0 Å².